The van der Waals surface area contributed by atoms with Gasteiger partial charge in [0.05, 0.1) is 23.3 Å². The van der Waals surface area contributed by atoms with Crippen molar-refractivity contribution in [2.75, 3.05) is 13.2 Å². The smallest absolute Gasteiger partial charge is 0.283 e. The average molecular weight is 484 g/mol. The van der Waals surface area contributed by atoms with Gasteiger partial charge >= 0.3 is 0 Å². The second-order valence-corrected chi connectivity index (χ2v) is 8.16. The van der Waals surface area contributed by atoms with E-state index in [4.69, 9.17) is 14.9 Å². The van der Waals surface area contributed by atoms with Crippen LogP contribution in [0, 0.1) is 5.41 Å². The zero-order valence-electron chi connectivity index (χ0n) is 15.9. The summed E-state index contributed by atoms with van der Waals surface area (Å²) in [5.41, 5.74) is 1.04. The third kappa shape index (κ3) is 4.66. The first-order chi connectivity index (χ1) is 14.6. The Morgan fingerprint density at radius 3 is 2.73 bits per heavy atom. The zero-order chi connectivity index (χ0) is 20.9. The van der Waals surface area contributed by atoms with Crippen molar-refractivity contribution in [3.63, 3.8) is 0 Å². The van der Waals surface area contributed by atoms with Crippen LogP contribution in [0.15, 0.2) is 75.2 Å². The van der Waals surface area contributed by atoms with Crippen LogP contribution < -0.4 is 9.47 Å². The second kappa shape index (κ2) is 9.32. The van der Waals surface area contributed by atoms with Crippen molar-refractivity contribution >= 4 is 50.7 Å². The molecule has 6 nitrogen and oxygen atoms in total. The summed E-state index contributed by atoms with van der Waals surface area (Å²) in [6, 6.07) is 15.2. The van der Waals surface area contributed by atoms with Crippen LogP contribution in [0.5, 0.6) is 11.5 Å². The molecule has 0 unspecified atom stereocenters. The number of fused-ring (bicyclic) bond motifs is 1. The van der Waals surface area contributed by atoms with E-state index in [9.17, 15) is 4.79 Å². The topological polar surface area (TPSA) is 75.0 Å². The number of carbonyl (C=O) groups excluding carboxylic acids is 1. The van der Waals surface area contributed by atoms with Crippen LogP contribution in [0.2, 0.25) is 0 Å². The lowest BCUT2D eigenvalue weighted by Gasteiger charge is -2.22. The Morgan fingerprint density at radius 2 is 1.93 bits per heavy atom. The van der Waals surface area contributed by atoms with Gasteiger partial charge in [-0.1, -0.05) is 36.0 Å². The van der Waals surface area contributed by atoms with Crippen LogP contribution in [0.3, 0.4) is 0 Å². The maximum atomic E-state index is 12.3. The van der Waals surface area contributed by atoms with Crippen LogP contribution in [0.1, 0.15) is 12.0 Å². The van der Waals surface area contributed by atoms with Crippen molar-refractivity contribution in [1.29, 1.82) is 5.41 Å². The number of carbonyl (C=O) groups is 1. The van der Waals surface area contributed by atoms with Crippen molar-refractivity contribution in [3.8, 4) is 11.5 Å². The number of thioether (sulfide) groups is 1. The molecule has 2 aliphatic rings. The summed E-state index contributed by atoms with van der Waals surface area (Å²) in [7, 11) is 0. The molecule has 0 aliphatic carbocycles. The van der Waals surface area contributed by atoms with Gasteiger partial charge in [-0.3, -0.25) is 15.1 Å². The van der Waals surface area contributed by atoms with Crippen molar-refractivity contribution in [2.24, 2.45) is 4.99 Å². The van der Waals surface area contributed by atoms with Crippen LogP contribution in [0.25, 0.3) is 6.08 Å². The zero-order valence-corrected chi connectivity index (χ0v) is 18.3. The molecule has 4 rings (SSSR count). The van der Waals surface area contributed by atoms with E-state index in [-0.39, 0.29) is 11.4 Å². The Kier molecular flexibility index (Phi) is 6.35. The minimum Gasteiger partial charge on any atom is -0.493 e. The van der Waals surface area contributed by atoms with Gasteiger partial charge in [0.2, 0.25) is 0 Å². The lowest BCUT2D eigenvalue weighted by molar-refractivity contribution is -0.114. The third-order valence-electron chi connectivity index (χ3n) is 4.34. The van der Waals surface area contributed by atoms with Gasteiger partial charge in [0.25, 0.3) is 5.91 Å². The van der Waals surface area contributed by atoms with Gasteiger partial charge in [0.15, 0.2) is 5.17 Å². The summed E-state index contributed by atoms with van der Waals surface area (Å²) in [5.74, 6) is 1.28. The Bertz CT molecular complexity index is 1070. The molecule has 2 aromatic rings. The molecule has 2 aliphatic heterocycles. The lowest BCUT2D eigenvalue weighted by Crippen LogP contribution is -2.35. The van der Waals surface area contributed by atoms with Crippen LogP contribution in [-0.2, 0) is 4.79 Å². The minimum absolute atomic E-state index is 0.126. The number of amidine groups is 2. The van der Waals surface area contributed by atoms with Crippen molar-refractivity contribution in [3.05, 3.63) is 75.7 Å². The molecule has 1 amide bonds. The summed E-state index contributed by atoms with van der Waals surface area (Å²) >= 11 is 4.85. The number of amides is 1. The van der Waals surface area contributed by atoms with E-state index in [1.54, 1.807) is 22.6 Å². The molecule has 0 saturated heterocycles. The fourth-order valence-electron chi connectivity index (χ4n) is 2.87. The molecule has 2 aromatic carbocycles. The Hall–Kier alpha value is -2.84. The number of benzene rings is 2. The molecule has 2 heterocycles. The SMILES string of the molecule is N=C1C(=Cc2ccc(OCCCOc3ccccc3)c(Br)c2)C(=O)N=C2SC=CN12. The number of para-hydroxylation sites is 1. The summed E-state index contributed by atoms with van der Waals surface area (Å²) in [6.45, 7) is 1.09. The average Bonchev–Trinajstić information content (AvgIpc) is 3.21. The standard InChI is InChI=1S/C22H18BrN3O3S/c23-18-14-15(13-17-20(24)26-9-12-30-22(26)25-21(17)27)7-8-19(18)29-11-4-10-28-16-5-2-1-3-6-16/h1-3,5-9,12-14,24H,4,10-11H2. The first-order valence-electron chi connectivity index (χ1n) is 9.28. The largest absolute Gasteiger partial charge is 0.493 e. The van der Waals surface area contributed by atoms with E-state index < -0.39 is 5.91 Å². The number of aliphatic imine (C=N–C) groups is 1. The highest BCUT2D eigenvalue weighted by Crippen LogP contribution is 2.30. The molecule has 0 atom stereocenters. The number of halogens is 1. The van der Waals surface area contributed by atoms with Gasteiger partial charge in [0.1, 0.15) is 17.3 Å². The lowest BCUT2D eigenvalue weighted by atomic mass is 10.1. The van der Waals surface area contributed by atoms with Gasteiger partial charge in [0, 0.05) is 12.6 Å². The van der Waals surface area contributed by atoms with Gasteiger partial charge in [-0.25, -0.2) is 0 Å². The number of ether oxygens (including phenoxy) is 2. The molecule has 0 bridgehead atoms. The molecule has 30 heavy (non-hydrogen) atoms. The fourth-order valence-corrected chi connectivity index (χ4v) is 4.09. The fraction of sp³-hybridized carbons (Fsp3) is 0.136. The maximum absolute atomic E-state index is 12.3. The van der Waals surface area contributed by atoms with E-state index in [2.05, 4.69) is 20.9 Å². The highest BCUT2D eigenvalue weighted by Gasteiger charge is 2.30. The van der Waals surface area contributed by atoms with E-state index in [1.807, 2.05) is 48.5 Å². The van der Waals surface area contributed by atoms with E-state index in [0.717, 1.165) is 22.2 Å². The van der Waals surface area contributed by atoms with Crippen LogP contribution >= 0.6 is 27.7 Å². The predicted octanol–water partition coefficient (Wildman–Crippen LogP) is 5.07. The van der Waals surface area contributed by atoms with Gasteiger partial charge in [-0.05, 0) is 57.2 Å². The quantitative estimate of drug-likeness (QED) is 0.439. The summed E-state index contributed by atoms with van der Waals surface area (Å²) in [5, 5.41) is 10.6. The molecular weight excluding hydrogens is 466 g/mol. The number of nitrogens with zero attached hydrogens (tertiary/aromatic N) is 2. The second-order valence-electron chi connectivity index (χ2n) is 6.43. The number of hydrogen-bond acceptors (Lipinski definition) is 5. The molecule has 152 valence electrons. The van der Waals surface area contributed by atoms with Crippen LogP contribution in [0.4, 0.5) is 0 Å². The number of hydrogen-bond donors (Lipinski definition) is 1. The molecule has 1 N–H and O–H groups in total. The Morgan fingerprint density at radius 1 is 1.13 bits per heavy atom. The molecular formula is C22H18BrN3O3S. The summed E-state index contributed by atoms with van der Waals surface area (Å²) in [4.78, 5) is 17.9. The van der Waals surface area contributed by atoms with Crippen molar-refractivity contribution < 1.29 is 14.3 Å². The van der Waals surface area contributed by atoms with Gasteiger partial charge < -0.3 is 9.47 Å². The maximum Gasteiger partial charge on any atom is 0.283 e. The monoisotopic (exact) mass is 483 g/mol. The van der Waals surface area contributed by atoms with E-state index >= 15 is 0 Å². The first kappa shape index (κ1) is 20.4. The summed E-state index contributed by atoms with van der Waals surface area (Å²) < 4.78 is 12.3. The summed E-state index contributed by atoms with van der Waals surface area (Å²) in [6.07, 6.45) is 4.16. The molecule has 8 heteroatoms. The predicted molar refractivity (Wildman–Crippen MR) is 123 cm³/mol. The molecule has 0 saturated carbocycles. The van der Waals surface area contributed by atoms with E-state index in [0.29, 0.717) is 24.1 Å². The highest BCUT2D eigenvalue weighted by atomic mass is 79.9. The minimum atomic E-state index is -0.405. The first-order valence-corrected chi connectivity index (χ1v) is 11.0. The van der Waals surface area contributed by atoms with Crippen LogP contribution in [-0.4, -0.2) is 35.0 Å². The van der Waals surface area contributed by atoms with Crippen molar-refractivity contribution in [2.45, 2.75) is 6.42 Å². The molecule has 0 fully saturated rings. The van der Waals surface area contributed by atoms with Gasteiger partial charge in [-0.2, -0.15) is 4.99 Å². The van der Waals surface area contributed by atoms with Crippen molar-refractivity contribution in [1.82, 2.24) is 4.90 Å². The Balaban J connectivity index is 1.35. The molecule has 0 spiro atoms. The normalized spacial score (nSPS) is 16.6. The van der Waals surface area contributed by atoms with Gasteiger partial charge in [-0.15, -0.1) is 0 Å². The van der Waals surface area contributed by atoms with E-state index in [1.165, 1.54) is 11.8 Å². The molecule has 0 aromatic heterocycles. The molecule has 0 radical (unpaired) electrons. The third-order valence-corrected chi connectivity index (χ3v) is 5.71. The highest BCUT2D eigenvalue weighted by molar-refractivity contribution is 9.10. The number of nitrogens with one attached hydrogen (secondary N) is 1. The number of rotatable bonds is 7. The Labute approximate surface area is 186 Å².